The maximum Gasteiger partial charge on any atom is 0.164 e. The van der Waals surface area contributed by atoms with Crippen LogP contribution in [0.4, 0.5) is 0 Å². The van der Waals surface area contributed by atoms with E-state index < -0.39 is 0 Å². The molecule has 0 amide bonds. The van der Waals surface area contributed by atoms with E-state index in [1.54, 1.807) is 0 Å². The lowest BCUT2D eigenvalue weighted by molar-refractivity contribution is 0.0979. The normalized spacial score (nSPS) is 16.6. The lowest BCUT2D eigenvalue weighted by Crippen LogP contribution is -2.13. The minimum absolute atomic E-state index is 0.108. The Balaban J connectivity index is 2.53. The van der Waals surface area contributed by atoms with Gasteiger partial charge in [0.1, 0.15) is 0 Å². The van der Waals surface area contributed by atoms with Crippen LogP contribution in [-0.4, -0.2) is 19.0 Å². The first-order chi connectivity index (χ1) is 8.49. The van der Waals surface area contributed by atoms with Crippen molar-refractivity contribution in [1.82, 2.24) is 0 Å². The molecule has 0 fully saturated rings. The fourth-order valence-electron chi connectivity index (χ4n) is 2.48. The predicted octanol–water partition coefficient (Wildman–Crippen LogP) is 3.35. The van der Waals surface area contributed by atoms with E-state index in [0.717, 1.165) is 16.9 Å². The molecule has 0 atom stereocenters. The monoisotopic (exact) mass is 248 g/mol. The van der Waals surface area contributed by atoms with Crippen LogP contribution in [0.3, 0.4) is 0 Å². The number of hydrogen-bond donors (Lipinski definition) is 0. The van der Waals surface area contributed by atoms with Gasteiger partial charge in [-0.15, -0.1) is 0 Å². The summed E-state index contributed by atoms with van der Waals surface area (Å²) in [6.45, 7) is 9.21. The lowest BCUT2D eigenvalue weighted by Gasteiger charge is -2.19. The summed E-state index contributed by atoms with van der Waals surface area (Å²) in [5, 5.41) is 0. The van der Waals surface area contributed by atoms with E-state index in [2.05, 4.69) is 13.8 Å². The topological polar surface area (TPSA) is 35.5 Å². The minimum atomic E-state index is -0.108. The van der Waals surface area contributed by atoms with Crippen molar-refractivity contribution in [3.8, 4) is 11.5 Å². The van der Waals surface area contributed by atoms with Crippen LogP contribution in [-0.2, 0) is 5.41 Å². The number of rotatable bonds is 4. The first-order valence-electron chi connectivity index (χ1n) is 6.47. The van der Waals surface area contributed by atoms with Gasteiger partial charge >= 0.3 is 0 Å². The molecule has 0 saturated heterocycles. The second-order valence-corrected chi connectivity index (χ2v) is 5.19. The third kappa shape index (κ3) is 2.09. The van der Waals surface area contributed by atoms with Crippen molar-refractivity contribution in [3.05, 3.63) is 23.3 Å². The Morgan fingerprint density at radius 3 is 2.22 bits per heavy atom. The first-order valence-corrected chi connectivity index (χ1v) is 6.47. The Kier molecular flexibility index (Phi) is 3.33. The van der Waals surface area contributed by atoms with Crippen LogP contribution < -0.4 is 9.47 Å². The van der Waals surface area contributed by atoms with Crippen LogP contribution in [0, 0.1) is 0 Å². The van der Waals surface area contributed by atoms with E-state index in [1.807, 2.05) is 26.0 Å². The van der Waals surface area contributed by atoms with E-state index in [9.17, 15) is 4.79 Å². The van der Waals surface area contributed by atoms with Gasteiger partial charge in [0, 0.05) is 12.0 Å². The Labute approximate surface area is 108 Å². The van der Waals surface area contributed by atoms with Crippen LogP contribution in [0.25, 0.3) is 0 Å². The zero-order valence-corrected chi connectivity index (χ0v) is 11.5. The van der Waals surface area contributed by atoms with E-state index >= 15 is 0 Å². The minimum Gasteiger partial charge on any atom is -0.490 e. The Morgan fingerprint density at radius 2 is 1.67 bits per heavy atom. The number of ketones is 1. The molecular formula is C15H20O3. The number of carbonyl (C=O) groups excluding carboxylic acids is 1. The molecule has 1 aliphatic carbocycles. The van der Waals surface area contributed by atoms with Gasteiger partial charge in [0.2, 0.25) is 0 Å². The van der Waals surface area contributed by atoms with Crippen molar-refractivity contribution < 1.29 is 14.3 Å². The summed E-state index contributed by atoms with van der Waals surface area (Å²) in [6.07, 6.45) is 0.559. The third-order valence-corrected chi connectivity index (χ3v) is 3.32. The Hall–Kier alpha value is -1.51. The number of carbonyl (C=O) groups is 1. The van der Waals surface area contributed by atoms with Crippen molar-refractivity contribution in [2.75, 3.05) is 13.2 Å². The maximum absolute atomic E-state index is 12.0. The van der Waals surface area contributed by atoms with Crippen molar-refractivity contribution in [3.63, 3.8) is 0 Å². The second kappa shape index (κ2) is 4.63. The van der Waals surface area contributed by atoms with E-state index in [1.165, 1.54) is 0 Å². The largest absolute Gasteiger partial charge is 0.490 e. The molecular weight excluding hydrogens is 228 g/mol. The fourth-order valence-corrected chi connectivity index (χ4v) is 2.48. The van der Waals surface area contributed by atoms with Gasteiger partial charge in [-0.2, -0.15) is 0 Å². The number of ether oxygens (including phenoxy) is 2. The lowest BCUT2D eigenvalue weighted by atomic mass is 9.86. The molecule has 0 aromatic heterocycles. The van der Waals surface area contributed by atoms with E-state index in [4.69, 9.17) is 9.47 Å². The summed E-state index contributed by atoms with van der Waals surface area (Å²) < 4.78 is 11.2. The van der Waals surface area contributed by atoms with Gasteiger partial charge in [0.05, 0.1) is 13.2 Å². The summed E-state index contributed by atoms with van der Waals surface area (Å²) in [4.78, 5) is 12.0. The molecule has 0 unspecified atom stereocenters. The average Bonchev–Trinajstić information content (AvgIpc) is 2.51. The van der Waals surface area contributed by atoms with E-state index in [-0.39, 0.29) is 11.2 Å². The molecule has 1 aliphatic rings. The van der Waals surface area contributed by atoms with Crippen LogP contribution in [0.5, 0.6) is 11.5 Å². The highest BCUT2D eigenvalue weighted by Crippen LogP contribution is 2.43. The van der Waals surface area contributed by atoms with Crippen molar-refractivity contribution in [2.45, 2.75) is 39.5 Å². The SMILES string of the molecule is CCOc1cc2c(cc1OCC)C(C)(C)CC2=O. The molecule has 0 spiro atoms. The molecule has 2 rings (SSSR count). The molecule has 0 bridgehead atoms. The van der Waals surface area contributed by atoms with E-state index in [0.29, 0.717) is 25.4 Å². The van der Waals surface area contributed by atoms with Gasteiger partial charge in [0.15, 0.2) is 17.3 Å². The molecule has 1 aromatic carbocycles. The van der Waals surface area contributed by atoms with Crippen LogP contribution in [0.1, 0.15) is 50.0 Å². The maximum atomic E-state index is 12.0. The highest BCUT2D eigenvalue weighted by atomic mass is 16.5. The highest BCUT2D eigenvalue weighted by molar-refractivity contribution is 6.02. The van der Waals surface area contributed by atoms with Crippen molar-refractivity contribution >= 4 is 5.78 Å². The number of hydrogen-bond acceptors (Lipinski definition) is 3. The van der Waals surface area contributed by atoms with Gasteiger partial charge in [-0.1, -0.05) is 13.8 Å². The third-order valence-electron chi connectivity index (χ3n) is 3.32. The number of fused-ring (bicyclic) bond motifs is 1. The molecule has 3 nitrogen and oxygen atoms in total. The van der Waals surface area contributed by atoms with Gasteiger partial charge < -0.3 is 9.47 Å². The molecule has 0 heterocycles. The molecule has 0 radical (unpaired) electrons. The van der Waals surface area contributed by atoms with Gasteiger partial charge in [0.25, 0.3) is 0 Å². The highest BCUT2D eigenvalue weighted by Gasteiger charge is 2.37. The van der Waals surface area contributed by atoms with Gasteiger partial charge in [-0.3, -0.25) is 4.79 Å². The quantitative estimate of drug-likeness (QED) is 0.819. The summed E-state index contributed by atoms with van der Waals surface area (Å²) >= 11 is 0. The summed E-state index contributed by atoms with van der Waals surface area (Å²) in [5.74, 6) is 1.60. The van der Waals surface area contributed by atoms with Gasteiger partial charge in [-0.25, -0.2) is 0 Å². The van der Waals surface area contributed by atoms with Crippen LogP contribution in [0.15, 0.2) is 12.1 Å². The Morgan fingerprint density at radius 1 is 1.11 bits per heavy atom. The molecule has 1 aromatic rings. The molecule has 0 saturated carbocycles. The number of benzene rings is 1. The fraction of sp³-hybridized carbons (Fsp3) is 0.533. The van der Waals surface area contributed by atoms with Gasteiger partial charge in [-0.05, 0) is 37.0 Å². The smallest absolute Gasteiger partial charge is 0.164 e. The van der Waals surface area contributed by atoms with Crippen molar-refractivity contribution in [2.24, 2.45) is 0 Å². The molecule has 18 heavy (non-hydrogen) atoms. The zero-order valence-electron chi connectivity index (χ0n) is 11.5. The molecule has 3 heteroatoms. The van der Waals surface area contributed by atoms with Crippen LogP contribution >= 0.6 is 0 Å². The molecule has 0 N–H and O–H groups in total. The summed E-state index contributed by atoms with van der Waals surface area (Å²) in [6, 6.07) is 3.80. The average molecular weight is 248 g/mol. The molecule has 98 valence electrons. The molecule has 0 aliphatic heterocycles. The Bertz CT molecular complexity index is 475. The first kappa shape index (κ1) is 12.9. The van der Waals surface area contributed by atoms with Crippen molar-refractivity contribution in [1.29, 1.82) is 0 Å². The zero-order chi connectivity index (χ0) is 13.3. The summed E-state index contributed by atoms with van der Waals surface area (Å²) in [7, 11) is 0. The number of Topliss-reactive ketones (excluding diaryl/α,β-unsaturated/α-hetero) is 1. The second-order valence-electron chi connectivity index (χ2n) is 5.19. The standard InChI is InChI=1S/C15H20O3/c1-5-17-13-7-10-11(8-14(13)18-6-2)15(3,4)9-12(10)16/h7-8H,5-6,9H2,1-4H3. The predicted molar refractivity (Wildman–Crippen MR) is 70.8 cm³/mol. The summed E-state index contributed by atoms with van der Waals surface area (Å²) in [5.41, 5.74) is 1.74. The van der Waals surface area contributed by atoms with Crippen LogP contribution in [0.2, 0.25) is 0 Å².